The maximum Gasteiger partial charge on any atom is 0.229 e. The normalized spacial score (nSPS) is 33.5. The van der Waals surface area contributed by atoms with Crippen molar-refractivity contribution < 1.29 is 4.52 Å². The molecule has 0 amide bonds. The van der Waals surface area contributed by atoms with Crippen LogP contribution in [0.1, 0.15) is 49.4 Å². The Kier molecular flexibility index (Phi) is 4.05. The molecule has 2 N–H and O–H groups in total. The van der Waals surface area contributed by atoms with E-state index in [4.69, 9.17) is 10.3 Å². The lowest BCUT2D eigenvalue weighted by atomic mass is 10.1. The first-order valence-corrected chi connectivity index (χ1v) is 7.61. The van der Waals surface area contributed by atoms with Crippen LogP contribution in [0.4, 0.5) is 0 Å². The van der Waals surface area contributed by atoms with E-state index in [1.165, 1.54) is 6.42 Å². The fourth-order valence-corrected chi connectivity index (χ4v) is 3.34. The fraction of sp³-hybridized carbons (Fsp3) is 0.857. The van der Waals surface area contributed by atoms with Crippen molar-refractivity contribution in [1.29, 1.82) is 0 Å². The van der Waals surface area contributed by atoms with Gasteiger partial charge in [-0.05, 0) is 52.9 Å². The van der Waals surface area contributed by atoms with Crippen LogP contribution >= 0.6 is 0 Å². The van der Waals surface area contributed by atoms with Crippen molar-refractivity contribution in [2.75, 3.05) is 33.7 Å². The van der Waals surface area contributed by atoms with Crippen molar-refractivity contribution in [3.63, 3.8) is 0 Å². The minimum Gasteiger partial charge on any atom is -0.339 e. The van der Waals surface area contributed by atoms with Gasteiger partial charge >= 0.3 is 0 Å². The molecule has 1 aromatic rings. The molecule has 1 aromatic heterocycles. The van der Waals surface area contributed by atoms with E-state index < -0.39 is 0 Å². The summed E-state index contributed by atoms with van der Waals surface area (Å²) >= 11 is 0. The first kappa shape index (κ1) is 14.0. The van der Waals surface area contributed by atoms with Crippen molar-refractivity contribution in [1.82, 2.24) is 19.9 Å². The third-order valence-electron chi connectivity index (χ3n) is 4.65. The highest BCUT2D eigenvalue weighted by Gasteiger charge is 2.31. The number of rotatable bonds is 2. The molecule has 1 unspecified atom stereocenters. The Morgan fingerprint density at radius 1 is 1.25 bits per heavy atom. The monoisotopic (exact) mass is 279 g/mol. The van der Waals surface area contributed by atoms with Gasteiger partial charge in [0.05, 0.1) is 6.04 Å². The lowest BCUT2D eigenvalue weighted by Gasteiger charge is -2.24. The van der Waals surface area contributed by atoms with E-state index in [9.17, 15) is 0 Å². The highest BCUT2D eigenvalue weighted by molar-refractivity contribution is 5.03. The smallest absolute Gasteiger partial charge is 0.229 e. The summed E-state index contributed by atoms with van der Waals surface area (Å²) in [7, 11) is 4.30. The van der Waals surface area contributed by atoms with Gasteiger partial charge in [0.15, 0.2) is 5.82 Å². The van der Waals surface area contributed by atoms with Gasteiger partial charge in [0, 0.05) is 18.5 Å². The SMILES string of the molecule is CN1CCCN(C)C(c2noc([C@@H]3CC[C@H](N)C3)n2)C1. The summed E-state index contributed by atoms with van der Waals surface area (Å²) in [5, 5.41) is 4.24. The van der Waals surface area contributed by atoms with E-state index in [0.29, 0.717) is 12.0 Å². The highest BCUT2D eigenvalue weighted by atomic mass is 16.5. The van der Waals surface area contributed by atoms with Gasteiger partial charge in [-0.2, -0.15) is 4.98 Å². The van der Waals surface area contributed by atoms with Crippen LogP contribution in [0.5, 0.6) is 0 Å². The summed E-state index contributed by atoms with van der Waals surface area (Å²) in [5.41, 5.74) is 5.97. The molecule has 112 valence electrons. The van der Waals surface area contributed by atoms with E-state index in [1.807, 2.05) is 0 Å². The van der Waals surface area contributed by atoms with Gasteiger partial charge in [0.2, 0.25) is 5.89 Å². The number of nitrogens with two attached hydrogens (primary N) is 1. The minimum atomic E-state index is 0.232. The van der Waals surface area contributed by atoms with Crippen LogP contribution in [0.2, 0.25) is 0 Å². The van der Waals surface area contributed by atoms with Crippen LogP contribution in [0.25, 0.3) is 0 Å². The predicted molar refractivity (Wildman–Crippen MR) is 76.4 cm³/mol. The van der Waals surface area contributed by atoms with Crippen molar-refractivity contribution in [2.45, 2.75) is 43.7 Å². The van der Waals surface area contributed by atoms with Crippen LogP contribution in [-0.2, 0) is 0 Å². The number of nitrogens with zero attached hydrogens (tertiary/aromatic N) is 4. The third kappa shape index (κ3) is 2.87. The van der Waals surface area contributed by atoms with Gasteiger partial charge in [-0.1, -0.05) is 5.16 Å². The Morgan fingerprint density at radius 2 is 2.10 bits per heavy atom. The quantitative estimate of drug-likeness (QED) is 0.870. The molecule has 0 radical (unpaired) electrons. The standard InChI is InChI=1S/C14H25N5O/c1-18-6-3-7-19(2)12(9-18)13-16-14(20-17-13)10-4-5-11(15)8-10/h10-12H,3-9,15H2,1-2H3/t10-,11+,12?/m1/s1. The topological polar surface area (TPSA) is 71.4 Å². The van der Waals surface area contributed by atoms with Crippen LogP contribution in [-0.4, -0.2) is 59.7 Å². The van der Waals surface area contributed by atoms with Crippen LogP contribution in [0, 0.1) is 0 Å². The maximum atomic E-state index is 5.97. The zero-order chi connectivity index (χ0) is 14.1. The van der Waals surface area contributed by atoms with E-state index in [1.54, 1.807) is 0 Å². The summed E-state index contributed by atoms with van der Waals surface area (Å²) in [6, 6.07) is 0.525. The zero-order valence-electron chi connectivity index (χ0n) is 12.5. The number of aromatic nitrogens is 2. The molecule has 6 heteroatoms. The van der Waals surface area contributed by atoms with Crippen molar-refractivity contribution in [3.8, 4) is 0 Å². The summed E-state index contributed by atoms with van der Waals surface area (Å²) in [4.78, 5) is 9.35. The molecule has 20 heavy (non-hydrogen) atoms. The second kappa shape index (κ2) is 5.79. The van der Waals surface area contributed by atoms with Crippen molar-refractivity contribution in [3.05, 3.63) is 11.7 Å². The van der Waals surface area contributed by atoms with Gasteiger partial charge in [0.25, 0.3) is 0 Å². The molecule has 1 saturated heterocycles. The van der Waals surface area contributed by atoms with Gasteiger partial charge in [0.1, 0.15) is 0 Å². The molecule has 3 rings (SSSR count). The molecule has 1 aliphatic carbocycles. The van der Waals surface area contributed by atoms with Crippen molar-refractivity contribution in [2.24, 2.45) is 5.73 Å². The Morgan fingerprint density at radius 3 is 2.85 bits per heavy atom. The molecule has 2 fully saturated rings. The minimum absolute atomic E-state index is 0.232. The first-order valence-electron chi connectivity index (χ1n) is 7.61. The van der Waals surface area contributed by atoms with Crippen LogP contribution in [0.3, 0.4) is 0 Å². The van der Waals surface area contributed by atoms with E-state index in [-0.39, 0.29) is 6.04 Å². The molecule has 2 heterocycles. The summed E-state index contributed by atoms with van der Waals surface area (Å²) < 4.78 is 5.51. The Bertz CT molecular complexity index is 449. The van der Waals surface area contributed by atoms with Crippen molar-refractivity contribution >= 4 is 0 Å². The number of hydrogen-bond donors (Lipinski definition) is 1. The van der Waals surface area contributed by atoms with E-state index in [2.05, 4.69) is 34.0 Å². The molecule has 0 spiro atoms. The largest absolute Gasteiger partial charge is 0.339 e. The second-order valence-electron chi connectivity index (χ2n) is 6.37. The Labute approximate surface area is 120 Å². The molecular formula is C14H25N5O. The second-order valence-corrected chi connectivity index (χ2v) is 6.37. The molecule has 6 nitrogen and oxygen atoms in total. The Hall–Kier alpha value is -0.980. The highest BCUT2D eigenvalue weighted by Crippen LogP contribution is 2.33. The number of hydrogen-bond acceptors (Lipinski definition) is 6. The molecule has 2 aliphatic rings. The lowest BCUT2D eigenvalue weighted by Crippen LogP contribution is -2.31. The van der Waals surface area contributed by atoms with Gasteiger partial charge in [-0.15, -0.1) is 0 Å². The lowest BCUT2D eigenvalue weighted by molar-refractivity contribution is 0.214. The third-order valence-corrected chi connectivity index (χ3v) is 4.65. The van der Waals surface area contributed by atoms with Crippen LogP contribution in [0.15, 0.2) is 4.52 Å². The van der Waals surface area contributed by atoms with E-state index >= 15 is 0 Å². The summed E-state index contributed by atoms with van der Waals surface area (Å²) in [6.45, 7) is 3.16. The fourth-order valence-electron chi connectivity index (χ4n) is 3.34. The Balaban J connectivity index is 1.74. The number of likely N-dealkylation sites (N-methyl/N-ethyl adjacent to an activating group) is 2. The maximum absolute atomic E-state index is 5.97. The molecule has 1 saturated carbocycles. The van der Waals surface area contributed by atoms with E-state index in [0.717, 1.165) is 50.6 Å². The summed E-state index contributed by atoms with van der Waals surface area (Å²) in [6.07, 6.45) is 4.30. The first-order chi connectivity index (χ1) is 9.63. The molecular weight excluding hydrogens is 254 g/mol. The molecule has 1 aliphatic heterocycles. The zero-order valence-corrected chi connectivity index (χ0v) is 12.5. The van der Waals surface area contributed by atoms with Gasteiger partial charge < -0.3 is 15.2 Å². The van der Waals surface area contributed by atoms with Gasteiger partial charge in [-0.3, -0.25) is 4.90 Å². The van der Waals surface area contributed by atoms with Crippen LogP contribution < -0.4 is 5.73 Å². The predicted octanol–water partition coefficient (Wildman–Crippen LogP) is 0.973. The van der Waals surface area contributed by atoms with Gasteiger partial charge in [-0.25, -0.2) is 0 Å². The molecule has 0 aromatic carbocycles. The molecule has 3 atom stereocenters. The molecule has 0 bridgehead atoms. The average Bonchev–Trinajstić information content (AvgIpc) is 3.01. The average molecular weight is 279 g/mol. The summed E-state index contributed by atoms with van der Waals surface area (Å²) in [5.74, 6) is 1.98.